The lowest BCUT2D eigenvalue weighted by Crippen LogP contribution is -2.13. The molecular weight excluding hydrogens is 282 g/mol. The second-order valence-corrected chi connectivity index (χ2v) is 5.68. The summed E-state index contributed by atoms with van der Waals surface area (Å²) >= 11 is 1.42. The number of carbonyl (C=O) groups excluding carboxylic acids is 1. The Morgan fingerprint density at radius 1 is 1.14 bits per heavy atom. The van der Waals surface area contributed by atoms with Crippen LogP contribution in [-0.4, -0.2) is 10.3 Å². The maximum absolute atomic E-state index is 12.2. The molecular formula is C17H15NO2S. The zero-order valence-corrected chi connectivity index (χ0v) is 12.5. The summed E-state index contributed by atoms with van der Waals surface area (Å²) in [6, 6.07) is 17.6. The summed E-state index contributed by atoms with van der Waals surface area (Å²) in [6.45, 7) is 2.14. The molecule has 21 heavy (non-hydrogen) atoms. The van der Waals surface area contributed by atoms with Gasteiger partial charge in [-0.1, -0.05) is 48.5 Å². The molecule has 0 aliphatic rings. The Morgan fingerprint density at radius 2 is 1.86 bits per heavy atom. The molecule has 0 aliphatic carbocycles. The predicted molar refractivity (Wildman–Crippen MR) is 84.3 cm³/mol. The van der Waals surface area contributed by atoms with Gasteiger partial charge in [0.25, 0.3) is 0 Å². The van der Waals surface area contributed by atoms with Crippen molar-refractivity contribution in [2.75, 3.05) is 0 Å². The Labute approximate surface area is 127 Å². The summed E-state index contributed by atoms with van der Waals surface area (Å²) < 4.78 is 10.9. The van der Waals surface area contributed by atoms with Crippen LogP contribution in [0.15, 0.2) is 54.6 Å². The molecule has 3 aromatic rings. The summed E-state index contributed by atoms with van der Waals surface area (Å²) in [4.78, 5) is 12.2. The lowest BCUT2D eigenvalue weighted by atomic mass is 10.0. The quantitative estimate of drug-likeness (QED) is 0.679. The van der Waals surface area contributed by atoms with Gasteiger partial charge in [-0.25, -0.2) is 0 Å². The van der Waals surface area contributed by atoms with Gasteiger partial charge in [-0.3, -0.25) is 4.79 Å². The van der Waals surface area contributed by atoms with E-state index in [2.05, 4.69) is 4.37 Å². The van der Waals surface area contributed by atoms with E-state index in [4.69, 9.17) is 4.74 Å². The molecule has 3 rings (SSSR count). The van der Waals surface area contributed by atoms with Crippen molar-refractivity contribution in [3.05, 3.63) is 65.9 Å². The van der Waals surface area contributed by atoms with E-state index >= 15 is 0 Å². The average molecular weight is 297 g/mol. The van der Waals surface area contributed by atoms with Gasteiger partial charge in [0.15, 0.2) is 0 Å². The van der Waals surface area contributed by atoms with Crippen molar-refractivity contribution in [3.8, 4) is 0 Å². The Bertz CT molecular complexity index is 752. The summed E-state index contributed by atoms with van der Waals surface area (Å²) in [7, 11) is 0. The second kappa shape index (κ2) is 6.06. The molecule has 0 saturated heterocycles. The standard InChI is InChI=1S/C17H15NO2S/c1-12(16-14-9-5-6-10-15(14)21-18-16)17(19)20-11-13-7-3-2-4-8-13/h2-10,12H,11H2,1H3. The number of carbonyl (C=O) groups is 1. The molecule has 1 heterocycles. The molecule has 1 aromatic heterocycles. The van der Waals surface area contributed by atoms with E-state index < -0.39 is 0 Å². The van der Waals surface area contributed by atoms with Gasteiger partial charge < -0.3 is 4.74 Å². The summed E-state index contributed by atoms with van der Waals surface area (Å²) in [5.74, 6) is -0.597. The van der Waals surface area contributed by atoms with E-state index in [-0.39, 0.29) is 11.9 Å². The van der Waals surface area contributed by atoms with Crippen LogP contribution >= 0.6 is 11.5 Å². The number of fused-ring (bicyclic) bond motifs is 1. The molecule has 0 amide bonds. The maximum atomic E-state index is 12.2. The fraction of sp³-hybridized carbons (Fsp3) is 0.176. The van der Waals surface area contributed by atoms with Crippen molar-refractivity contribution in [1.29, 1.82) is 0 Å². The highest BCUT2D eigenvalue weighted by Gasteiger charge is 2.21. The highest BCUT2D eigenvalue weighted by Crippen LogP contribution is 2.28. The third-order valence-corrected chi connectivity index (χ3v) is 4.23. The van der Waals surface area contributed by atoms with E-state index in [1.165, 1.54) is 11.5 Å². The number of benzene rings is 2. The third-order valence-electron chi connectivity index (χ3n) is 3.39. The van der Waals surface area contributed by atoms with Crippen molar-refractivity contribution < 1.29 is 9.53 Å². The lowest BCUT2D eigenvalue weighted by molar-refractivity contribution is -0.146. The normalized spacial score (nSPS) is 12.2. The van der Waals surface area contributed by atoms with Crippen LogP contribution in [0.1, 0.15) is 24.1 Å². The first-order valence-electron chi connectivity index (χ1n) is 6.80. The monoisotopic (exact) mass is 297 g/mol. The predicted octanol–water partition coefficient (Wildman–Crippen LogP) is 4.14. The molecule has 0 saturated carbocycles. The van der Waals surface area contributed by atoms with Gasteiger partial charge >= 0.3 is 5.97 Å². The van der Waals surface area contributed by atoms with E-state index in [9.17, 15) is 4.79 Å². The first-order chi connectivity index (χ1) is 10.3. The van der Waals surface area contributed by atoms with Crippen molar-refractivity contribution in [3.63, 3.8) is 0 Å². The lowest BCUT2D eigenvalue weighted by Gasteiger charge is -2.10. The van der Waals surface area contributed by atoms with E-state index in [0.717, 1.165) is 21.3 Å². The van der Waals surface area contributed by atoms with Crippen LogP contribution < -0.4 is 0 Å². The molecule has 0 N–H and O–H groups in total. The van der Waals surface area contributed by atoms with E-state index in [1.807, 2.05) is 61.5 Å². The smallest absolute Gasteiger partial charge is 0.315 e. The van der Waals surface area contributed by atoms with Gasteiger partial charge in [-0.05, 0) is 30.1 Å². The Kier molecular flexibility index (Phi) is 3.97. The van der Waals surface area contributed by atoms with Crippen LogP contribution in [0.5, 0.6) is 0 Å². The minimum Gasteiger partial charge on any atom is -0.460 e. The Morgan fingerprint density at radius 3 is 2.67 bits per heavy atom. The van der Waals surface area contributed by atoms with E-state index in [0.29, 0.717) is 6.61 Å². The summed E-state index contributed by atoms with van der Waals surface area (Å²) in [6.07, 6.45) is 0. The maximum Gasteiger partial charge on any atom is 0.315 e. The molecule has 1 unspecified atom stereocenters. The molecule has 1 atom stereocenters. The number of aromatic nitrogens is 1. The van der Waals surface area contributed by atoms with Gasteiger partial charge in [0.2, 0.25) is 0 Å². The number of rotatable bonds is 4. The molecule has 0 aliphatic heterocycles. The van der Waals surface area contributed by atoms with Crippen LogP contribution in [0.25, 0.3) is 10.1 Å². The topological polar surface area (TPSA) is 39.2 Å². The van der Waals surface area contributed by atoms with Crippen LogP contribution in [0.3, 0.4) is 0 Å². The summed E-state index contributed by atoms with van der Waals surface area (Å²) in [5, 5.41) is 1.03. The molecule has 106 valence electrons. The van der Waals surface area contributed by atoms with Crippen molar-refractivity contribution in [1.82, 2.24) is 4.37 Å². The third kappa shape index (κ3) is 2.95. The molecule has 0 spiro atoms. The van der Waals surface area contributed by atoms with Crippen LogP contribution in [-0.2, 0) is 16.1 Å². The van der Waals surface area contributed by atoms with Gasteiger partial charge in [0.1, 0.15) is 6.61 Å². The molecule has 4 heteroatoms. The van der Waals surface area contributed by atoms with Crippen molar-refractivity contribution in [2.45, 2.75) is 19.4 Å². The Hall–Kier alpha value is -2.20. The zero-order chi connectivity index (χ0) is 14.7. The van der Waals surface area contributed by atoms with Crippen molar-refractivity contribution >= 4 is 27.6 Å². The number of esters is 1. The van der Waals surface area contributed by atoms with Crippen LogP contribution in [0.2, 0.25) is 0 Å². The van der Waals surface area contributed by atoms with Gasteiger partial charge in [0, 0.05) is 5.39 Å². The van der Waals surface area contributed by atoms with Gasteiger partial charge in [-0.2, -0.15) is 4.37 Å². The van der Waals surface area contributed by atoms with E-state index in [1.54, 1.807) is 0 Å². The van der Waals surface area contributed by atoms with Gasteiger partial charge in [0.05, 0.1) is 16.3 Å². The number of ether oxygens (including phenoxy) is 1. The highest BCUT2D eigenvalue weighted by atomic mass is 32.1. The number of hydrogen-bond acceptors (Lipinski definition) is 4. The first kappa shape index (κ1) is 13.8. The Balaban J connectivity index is 1.72. The zero-order valence-electron chi connectivity index (χ0n) is 11.7. The minimum absolute atomic E-state index is 0.241. The molecule has 3 nitrogen and oxygen atoms in total. The fourth-order valence-corrected chi connectivity index (χ4v) is 3.05. The first-order valence-corrected chi connectivity index (χ1v) is 7.58. The second-order valence-electron chi connectivity index (χ2n) is 4.88. The minimum atomic E-state index is -0.357. The SMILES string of the molecule is CC(C(=O)OCc1ccccc1)c1nsc2ccccc12. The highest BCUT2D eigenvalue weighted by molar-refractivity contribution is 7.13. The molecule has 0 radical (unpaired) electrons. The number of nitrogens with zero attached hydrogens (tertiary/aromatic N) is 1. The van der Waals surface area contributed by atoms with Crippen LogP contribution in [0.4, 0.5) is 0 Å². The fourth-order valence-electron chi connectivity index (χ4n) is 2.18. The molecule has 2 aromatic carbocycles. The summed E-state index contributed by atoms with van der Waals surface area (Å²) in [5.41, 5.74) is 1.79. The molecule has 0 fully saturated rings. The largest absolute Gasteiger partial charge is 0.460 e. The van der Waals surface area contributed by atoms with Crippen molar-refractivity contribution in [2.24, 2.45) is 0 Å². The average Bonchev–Trinajstić information content (AvgIpc) is 2.97. The molecule has 0 bridgehead atoms. The van der Waals surface area contributed by atoms with Crippen LogP contribution in [0, 0.1) is 0 Å². The number of hydrogen-bond donors (Lipinski definition) is 0. The van der Waals surface area contributed by atoms with Gasteiger partial charge in [-0.15, -0.1) is 0 Å².